The van der Waals surface area contributed by atoms with E-state index >= 15 is 0 Å². The Balaban J connectivity index is 2.16. The van der Waals surface area contributed by atoms with Gasteiger partial charge in [-0.15, -0.1) is 16.4 Å². The molecule has 0 bridgehead atoms. The van der Waals surface area contributed by atoms with Crippen molar-refractivity contribution in [3.8, 4) is 22.8 Å². The zero-order valence-corrected chi connectivity index (χ0v) is 19.4. The monoisotopic (exact) mass is 401 g/mol. The molecule has 0 amide bonds. The van der Waals surface area contributed by atoms with Crippen molar-refractivity contribution in [3.63, 3.8) is 0 Å². The number of hydrogen-bond donors (Lipinski definition) is 0. The molecule has 3 nitrogen and oxygen atoms in total. The first-order valence-electron chi connectivity index (χ1n) is 10.2. The third-order valence-corrected chi connectivity index (χ3v) is 6.85. The van der Waals surface area contributed by atoms with Crippen molar-refractivity contribution in [2.24, 2.45) is 0 Å². The van der Waals surface area contributed by atoms with Gasteiger partial charge in [0.15, 0.2) is 11.6 Å². The molecule has 0 saturated heterocycles. The van der Waals surface area contributed by atoms with Crippen molar-refractivity contribution in [2.75, 3.05) is 0 Å². The Bertz CT molecular complexity index is 1320. The van der Waals surface area contributed by atoms with Crippen LogP contribution in [0.15, 0.2) is 30.3 Å². The summed E-state index contributed by atoms with van der Waals surface area (Å²) in [6.45, 7) is 0. The minimum absolute atomic E-state index is 0.211. The van der Waals surface area contributed by atoms with Crippen molar-refractivity contribution in [2.45, 2.75) is 0 Å². The van der Waals surface area contributed by atoms with E-state index < -0.39 is 0 Å². The van der Waals surface area contributed by atoms with Crippen LogP contribution >= 0.6 is 11.6 Å². The molecule has 0 N–H and O–H groups in total. The highest BCUT2D eigenvalue weighted by Crippen LogP contribution is 2.24. The number of benzene rings is 3. The maximum absolute atomic E-state index is 6.39. The van der Waals surface area contributed by atoms with E-state index in [1.54, 1.807) is 0 Å². The predicted octanol–water partition coefficient (Wildman–Crippen LogP) is -7.18. The third-order valence-electron chi connectivity index (χ3n) is 6.68. The molecule has 0 fully saturated rings. The van der Waals surface area contributed by atoms with Gasteiger partial charge in [0.2, 0.25) is 5.28 Å². The summed E-state index contributed by atoms with van der Waals surface area (Å²) in [5, 5.41) is 2.73. The standard InChI is InChI=1S/C19H19B7ClN3/c20-10-7-8(12(22)16(26)15(10)25)11(21)14(24)13(23)9(7)18-28-17(29-19(27)30-18)6-4-2-1-3-5-6/h1-5H,20-26H2. The molecule has 0 aliphatic carbocycles. The van der Waals surface area contributed by atoms with Crippen LogP contribution in [0.2, 0.25) is 5.28 Å². The molecule has 1 aromatic heterocycles. The summed E-state index contributed by atoms with van der Waals surface area (Å²) in [7, 11) is 15.4. The first-order chi connectivity index (χ1) is 14.2. The quantitative estimate of drug-likeness (QED) is 0.314. The minimum atomic E-state index is 0.211. The van der Waals surface area contributed by atoms with Crippen LogP contribution < -0.4 is 38.2 Å². The van der Waals surface area contributed by atoms with Gasteiger partial charge in [0.1, 0.15) is 54.9 Å². The highest BCUT2D eigenvalue weighted by Gasteiger charge is 2.21. The molecule has 0 aliphatic rings. The molecule has 30 heavy (non-hydrogen) atoms. The second-order valence-corrected chi connectivity index (χ2v) is 8.46. The van der Waals surface area contributed by atoms with Gasteiger partial charge in [-0.2, -0.15) is 9.97 Å². The van der Waals surface area contributed by atoms with Gasteiger partial charge < -0.3 is 0 Å². The van der Waals surface area contributed by atoms with Gasteiger partial charge in [-0.05, 0) is 22.4 Å². The van der Waals surface area contributed by atoms with Crippen LogP contribution in [-0.4, -0.2) is 69.9 Å². The summed E-state index contributed by atoms with van der Waals surface area (Å²) in [6.07, 6.45) is 0. The molecule has 0 radical (unpaired) electrons. The van der Waals surface area contributed by atoms with Crippen LogP contribution in [0.25, 0.3) is 33.5 Å². The zero-order chi connectivity index (χ0) is 21.7. The lowest BCUT2D eigenvalue weighted by atomic mass is 9.59. The van der Waals surface area contributed by atoms with Crippen LogP contribution in [0.1, 0.15) is 0 Å². The Morgan fingerprint density at radius 2 is 1.03 bits per heavy atom. The van der Waals surface area contributed by atoms with E-state index in [0.717, 1.165) is 11.1 Å². The molecule has 0 aliphatic heterocycles. The summed E-state index contributed by atoms with van der Waals surface area (Å²) in [5.74, 6) is 1.22. The third kappa shape index (κ3) is 3.22. The summed E-state index contributed by atoms with van der Waals surface area (Å²) < 4.78 is 0. The molecule has 138 valence electrons. The SMILES string of the molecule is Bc1c(B)c(B)c2c(-c3nc(Cl)nc(-c4ccccc4)n3)c(B)c(B)c(B)c2c1B. The molecule has 0 saturated carbocycles. The summed E-state index contributed by atoms with van der Waals surface area (Å²) in [5.41, 5.74) is 11.0. The molecule has 0 spiro atoms. The van der Waals surface area contributed by atoms with Gasteiger partial charge >= 0.3 is 0 Å². The van der Waals surface area contributed by atoms with E-state index in [4.69, 9.17) is 16.6 Å². The number of hydrogen-bond acceptors (Lipinski definition) is 3. The molecule has 4 rings (SSSR count). The van der Waals surface area contributed by atoms with Crippen LogP contribution in [0.4, 0.5) is 0 Å². The Hall–Kier alpha value is -2.33. The van der Waals surface area contributed by atoms with Crippen LogP contribution in [0.3, 0.4) is 0 Å². The molecular formula is C19H19B7ClN3. The average Bonchev–Trinajstić information content (AvgIpc) is 2.74. The molecule has 0 atom stereocenters. The van der Waals surface area contributed by atoms with Gasteiger partial charge in [-0.1, -0.05) is 52.2 Å². The molecule has 4 aromatic rings. The van der Waals surface area contributed by atoms with Crippen molar-refractivity contribution in [1.82, 2.24) is 15.0 Å². The summed E-state index contributed by atoms with van der Waals surface area (Å²) >= 11 is 6.39. The Kier molecular flexibility index (Phi) is 5.40. The number of fused-ring (bicyclic) bond motifs is 1. The summed E-state index contributed by atoms with van der Waals surface area (Å²) in [6, 6.07) is 9.91. The maximum Gasteiger partial charge on any atom is 0.226 e. The largest absolute Gasteiger partial charge is 0.226 e. The number of rotatable bonds is 2. The fraction of sp³-hybridized carbons (Fsp3) is 0. The van der Waals surface area contributed by atoms with Crippen LogP contribution in [0.5, 0.6) is 0 Å². The van der Waals surface area contributed by atoms with Crippen molar-refractivity contribution < 1.29 is 0 Å². The van der Waals surface area contributed by atoms with E-state index in [0.29, 0.717) is 11.6 Å². The van der Waals surface area contributed by atoms with Crippen LogP contribution in [0, 0.1) is 0 Å². The predicted molar refractivity (Wildman–Crippen MR) is 150 cm³/mol. The van der Waals surface area contributed by atoms with Crippen LogP contribution in [-0.2, 0) is 0 Å². The number of nitrogens with zero attached hydrogens (tertiary/aromatic N) is 3. The molecule has 1 heterocycles. The van der Waals surface area contributed by atoms with E-state index in [2.05, 4.69) is 64.9 Å². The molecular weight excluding hydrogens is 381 g/mol. The fourth-order valence-electron chi connectivity index (χ4n) is 4.40. The van der Waals surface area contributed by atoms with Gasteiger partial charge in [0, 0.05) is 11.1 Å². The fourth-order valence-corrected chi connectivity index (χ4v) is 4.56. The van der Waals surface area contributed by atoms with E-state index in [-0.39, 0.29) is 5.28 Å². The Labute approximate surface area is 188 Å². The normalized spacial score (nSPS) is 11.1. The number of halogens is 1. The molecule has 3 aromatic carbocycles. The Morgan fingerprint density at radius 1 is 0.533 bits per heavy atom. The smallest absolute Gasteiger partial charge is 0.208 e. The Morgan fingerprint density at radius 3 is 1.63 bits per heavy atom. The van der Waals surface area contributed by atoms with E-state index in [9.17, 15) is 0 Å². The van der Waals surface area contributed by atoms with Gasteiger partial charge in [0.25, 0.3) is 0 Å². The molecule has 0 unspecified atom stereocenters. The topological polar surface area (TPSA) is 38.7 Å². The minimum Gasteiger partial charge on any atom is -0.208 e. The molecule has 11 heteroatoms. The summed E-state index contributed by atoms with van der Waals surface area (Å²) in [4.78, 5) is 13.8. The van der Waals surface area contributed by atoms with Crippen molar-refractivity contribution in [3.05, 3.63) is 35.6 Å². The highest BCUT2D eigenvalue weighted by atomic mass is 35.5. The van der Waals surface area contributed by atoms with E-state index in [1.807, 2.05) is 30.3 Å². The number of aromatic nitrogens is 3. The average molecular weight is 401 g/mol. The van der Waals surface area contributed by atoms with Gasteiger partial charge in [-0.25, -0.2) is 4.98 Å². The van der Waals surface area contributed by atoms with E-state index in [1.165, 1.54) is 49.0 Å². The second kappa shape index (κ2) is 7.74. The lowest BCUT2D eigenvalue weighted by Gasteiger charge is -2.24. The first kappa shape index (κ1) is 20.9. The zero-order valence-electron chi connectivity index (χ0n) is 18.6. The second-order valence-electron chi connectivity index (χ2n) is 8.12. The maximum atomic E-state index is 6.39. The van der Waals surface area contributed by atoms with Crippen molar-refractivity contribution >= 4 is 116 Å². The van der Waals surface area contributed by atoms with Gasteiger partial charge in [-0.3, -0.25) is 0 Å². The first-order valence-corrected chi connectivity index (χ1v) is 10.6. The van der Waals surface area contributed by atoms with Crippen molar-refractivity contribution in [1.29, 1.82) is 0 Å². The lowest BCUT2D eigenvalue weighted by molar-refractivity contribution is 1.07. The highest BCUT2D eigenvalue weighted by molar-refractivity contribution is 6.71. The van der Waals surface area contributed by atoms with Gasteiger partial charge in [0.05, 0.1) is 0 Å². The lowest BCUT2D eigenvalue weighted by Crippen LogP contribution is -2.52.